The van der Waals surface area contributed by atoms with Crippen LogP contribution in [0, 0.1) is 0 Å². The maximum absolute atomic E-state index is 12.0. The quantitative estimate of drug-likeness (QED) is 0.0351. The average molecular weight is 759 g/mol. The van der Waals surface area contributed by atoms with Crippen molar-refractivity contribution in [1.29, 1.82) is 0 Å². The van der Waals surface area contributed by atoms with Crippen molar-refractivity contribution in [1.82, 2.24) is 0 Å². The fraction of sp³-hybridized carbons (Fsp3) is 0.942. The average Bonchev–Trinajstić information content (AvgIpc) is 3.18. The second-order valence-corrected chi connectivity index (χ2v) is 17.5. The van der Waals surface area contributed by atoms with E-state index in [1.54, 1.807) is 0 Å². The molecule has 0 aliphatic rings. The number of allylic oxidation sites excluding steroid dienone is 2. The fourth-order valence-electron chi connectivity index (χ4n) is 8.08. The van der Waals surface area contributed by atoms with Crippen molar-refractivity contribution in [2.45, 2.75) is 309 Å². The lowest BCUT2D eigenvalue weighted by Gasteiger charge is -2.06. The Morgan fingerprint density at radius 1 is 0.296 bits per heavy atom. The molecule has 0 bridgehead atoms. The van der Waals surface area contributed by atoms with Crippen molar-refractivity contribution in [3.05, 3.63) is 12.2 Å². The Bertz CT molecular complexity index is 698. The lowest BCUT2D eigenvalue weighted by molar-refractivity contribution is -0.143. The highest BCUT2D eigenvalue weighted by Crippen LogP contribution is 2.17. The smallest absolute Gasteiger partial charge is 0.305 e. The zero-order valence-electron chi connectivity index (χ0n) is 37.7. The third kappa shape index (κ3) is 49.2. The lowest BCUT2D eigenvalue weighted by Crippen LogP contribution is -2.05. The van der Waals surface area contributed by atoms with Crippen LogP contribution >= 0.6 is 0 Å². The Hall–Kier alpha value is -0.790. The molecule has 0 unspecified atom stereocenters. The van der Waals surface area contributed by atoms with Gasteiger partial charge in [-0.15, -0.1) is 0 Å². The number of carbonyl (C=O) groups is 1. The van der Waals surface area contributed by atoms with Gasteiger partial charge in [0, 0.05) is 6.42 Å². The van der Waals surface area contributed by atoms with Gasteiger partial charge in [0.2, 0.25) is 0 Å². The predicted octanol–water partition coefficient (Wildman–Crippen LogP) is 19.1. The number of esters is 1. The largest absolute Gasteiger partial charge is 0.466 e. The molecule has 0 aromatic carbocycles. The second kappa shape index (κ2) is 50.2. The topological polar surface area (TPSA) is 26.3 Å². The molecule has 0 spiro atoms. The maximum atomic E-state index is 12.0. The normalized spacial score (nSPS) is 11.7. The molecule has 0 radical (unpaired) electrons. The van der Waals surface area contributed by atoms with Crippen LogP contribution in [0.25, 0.3) is 0 Å². The maximum Gasteiger partial charge on any atom is 0.305 e. The molecule has 0 saturated carbocycles. The Morgan fingerprint density at radius 3 is 0.796 bits per heavy atom. The van der Waals surface area contributed by atoms with Crippen LogP contribution in [-0.4, -0.2) is 12.6 Å². The van der Waals surface area contributed by atoms with Crippen molar-refractivity contribution in [3.8, 4) is 0 Å². The first-order valence-corrected chi connectivity index (χ1v) is 25.6. The zero-order chi connectivity index (χ0) is 38.9. The van der Waals surface area contributed by atoms with Crippen molar-refractivity contribution < 1.29 is 9.53 Å². The summed E-state index contributed by atoms with van der Waals surface area (Å²) in [5.74, 6) is 0.0261. The van der Waals surface area contributed by atoms with Crippen LogP contribution in [0.3, 0.4) is 0 Å². The second-order valence-electron chi connectivity index (χ2n) is 17.5. The monoisotopic (exact) mass is 759 g/mol. The molecular weight excluding hydrogens is 657 g/mol. The van der Waals surface area contributed by atoms with Gasteiger partial charge in [0.15, 0.2) is 0 Å². The Labute approximate surface area is 342 Å². The third-order valence-electron chi connectivity index (χ3n) is 11.9. The van der Waals surface area contributed by atoms with Gasteiger partial charge >= 0.3 is 5.97 Å². The molecule has 0 aliphatic carbocycles. The van der Waals surface area contributed by atoms with E-state index in [9.17, 15) is 4.79 Å². The van der Waals surface area contributed by atoms with Crippen LogP contribution in [0.4, 0.5) is 0 Å². The van der Waals surface area contributed by atoms with E-state index in [1.165, 1.54) is 276 Å². The van der Waals surface area contributed by atoms with Gasteiger partial charge in [-0.05, 0) is 38.5 Å². The summed E-state index contributed by atoms with van der Waals surface area (Å²) < 4.78 is 5.48. The van der Waals surface area contributed by atoms with Crippen LogP contribution in [0.1, 0.15) is 309 Å². The van der Waals surface area contributed by atoms with E-state index < -0.39 is 0 Å². The molecule has 2 nitrogen and oxygen atoms in total. The number of ether oxygens (including phenoxy) is 1. The van der Waals surface area contributed by atoms with Gasteiger partial charge < -0.3 is 4.74 Å². The van der Waals surface area contributed by atoms with Gasteiger partial charge in [-0.25, -0.2) is 0 Å². The van der Waals surface area contributed by atoms with Gasteiger partial charge in [0.05, 0.1) is 6.61 Å². The molecule has 0 saturated heterocycles. The minimum Gasteiger partial charge on any atom is -0.466 e. The molecule has 0 heterocycles. The SMILES string of the molecule is CCCCCCCC/C=C/CCCCCCCCOC(=O)CCCCCCCCCCCCCCCCCCCCCCCCCCCCCCCCC. The highest BCUT2D eigenvalue weighted by atomic mass is 16.5. The van der Waals surface area contributed by atoms with Crippen molar-refractivity contribution in [2.24, 2.45) is 0 Å². The molecule has 0 aromatic rings. The van der Waals surface area contributed by atoms with Crippen LogP contribution in [0.5, 0.6) is 0 Å². The van der Waals surface area contributed by atoms with E-state index in [2.05, 4.69) is 26.0 Å². The molecular formula is C52H102O2. The first-order chi connectivity index (χ1) is 26.8. The summed E-state index contributed by atoms with van der Waals surface area (Å²) in [6, 6.07) is 0. The number of hydrogen-bond acceptors (Lipinski definition) is 2. The molecule has 0 N–H and O–H groups in total. The van der Waals surface area contributed by atoms with E-state index in [0.717, 1.165) is 12.8 Å². The fourth-order valence-corrected chi connectivity index (χ4v) is 8.08. The highest BCUT2D eigenvalue weighted by Gasteiger charge is 2.03. The van der Waals surface area contributed by atoms with Crippen molar-refractivity contribution in [2.75, 3.05) is 6.61 Å². The van der Waals surface area contributed by atoms with Gasteiger partial charge in [-0.1, -0.05) is 276 Å². The van der Waals surface area contributed by atoms with Gasteiger partial charge in [-0.2, -0.15) is 0 Å². The van der Waals surface area contributed by atoms with Crippen LogP contribution in [-0.2, 0) is 9.53 Å². The Balaban J connectivity index is 3.15. The molecule has 0 atom stereocenters. The standard InChI is InChI=1S/C52H102O2/c1-3-5-7-9-11-13-15-17-19-21-22-23-24-25-26-27-28-29-30-31-32-33-34-35-36-38-40-42-44-46-48-50-52(53)54-51-49-47-45-43-41-39-37-20-18-16-14-12-10-8-6-4-2/h18,20H,3-17,19,21-51H2,1-2H3/b20-18+. The predicted molar refractivity (Wildman–Crippen MR) is 244 cm³/mol. The summed E-state index contributed by atoms with van der Waals surface area (Å²) in [6.45, 7) is 5.22. The molecule has 0 rings (SSSR count). The number of rotatable bonds is 48. The summed E-state index contributed by atoms with van der Waals surface area (Å²) in [5.41, 5.74) is 0. The number of carbonyl (C=O) groups excluding carboxylic acids is 1. The van der Waals surface area contributed by atoms with E-state index in [4.69, 9.17) is 4.74 Å². The molecule has 2 heteroatoms. The van der Waals surface area contributed by atoms with Gasteiger partial charge in [0.1, 0.15) is 0 Å². The van der Waals surface area contributed by atoms with E-state index in [-0.39, 0.29) is 5.97 Å². The first-order valence-electron chi connectivity index (χ1n) is 25.6. The van der Waals surface area contributed by atoms with Crippen LogP contribution in [0.15, 0.2) is 12.2 Å². The van der Waals surface area contributed by atoms with Crippen LogP contribution < -0.4 is 0 Å². The van der Waals surface area contributed by atoms with Crippen molar-refractivity contribution >= 4 is 5.97 Å². The van der Waals surface area contributed by atoms with Gasteiger partial charge in [-0.3, -0.25) is 4.79 Å². The highest BCUT2D eigenvalue weighted by molar-refractivity contribution is 5.69. The molecule has 0 amide bonds. The minimum absolute atomic E-state index is 0.0261. The Morgan fingerprint density at radius 2 is 0.519 bits per heavy atom. The number of unbranched alkanes of at least 4 members (excludes halogenated alkanes) is 42. The van der Waals surface area contributed by atoms with Gasteiger partial charge in [0.25, 0.3) is 0 Å². The number of hydrogen-bond donors (Lipinski definition) is 0. The molecule has 0 aromatic heterocycles. The minimum atomic E-state index is 0.0261. The van der Waals surface area contributed by atoms with E-state index >= 15 is 0 Å². The summed E-state index contributed by atoms with van der Waals surface area (Å²) >= 11 is 0. The molecule has 0 aliphatic heterocycles. The zero-order valence-corrected chi connectivity index (χ0v) is 37.7. The van der Waals surface area contributed by atoms with Crippen LogP contribution in [0.2, 0.25) is 0 Å². The summed E-state index contributed by atoms with van der Waals surface area (Å²) in [5, 5.41) is 0. The summed E-state index contributed by atoms with van der Waals surface area (Å²) in [6.07, 6.45) is 67.9. The summed E-state index contributed by atoms with van der Waals surface area (Å²) in [4.78, 5) is 12.0. The summed E-state index contributed by atoms with van der Waals surface area (Å²) in [7, 11) is 0. The Kier molecular flexibility index (Phi) is 49.5. The lowest BCUT2D eigenvalue weighted by atomic mass is 10.0. The van der Waals surface area contributed by atoms with E-state index in [1.807, 2.05) is 0 Å². The first kappa shape index (κ1) is 53.2. The van der Waals surface area contributed by atoms with E-state index in [0.29, 0.717) is 13.0 Å². The molecule has 54 heavy (non-hydrogen) atoms. The molecule has 322 valence electrons. The molecule has 0 fully saturated rings. The third-order valence-corrected chi connectivity index (χ3v) is 11.9. The van der Waals surface area contributed by atoms with Crippen molar-refractivity contribution in [3.63, 3.8) is 0 Å².